The van der Waals surface area contributed by atoms with Gasteiger partial charge < -0.3 is 20.3 Å². The van der Waals surface area contributed by atoms with E-state index in [0.29, 0.717) is 25.5 Å². The zero-order valence-electron chi connectivity index (χ0n) is 9.24. The molecule has 0 spiro atoms. The lowest BCUT2D eigenvalue weighted by atomic mass is 10.0. The highest BCUT2D eigenvalue weighted by atomic mass is 16.6. The molecule has 16 heavy (non-hydrogen) atoms. The van der Waals surface area contributed by atoms with Crippen LogP contribution in [-0.4, -0.2) is 24.9 Å². The van der Waals surface area contributed by atoms with Crippen molar-refractivity contribution in [1.29, 1.82) is 0 Å². The van der Waals surface area contributed by atoms with Crippen molar-refractivity contribution in [2.24, 2.45) is 5.73 Å². The van der Waals surface area contributed by atoms with Crippen LogP contribution >= 0.6 is 0 Å². The molecule has 1 aromatic carbocycles. The van der Waals surface area contributed by atoms with Crippen molar-refractivity contribution in [2.75, 3.05) is 19.8 Å². The maximum Gasteiger partial charge on any atom is 0.168 e. The standard InChI is InChI=1S/C12H17NO3/c13-6-2-1-3-9-10(14)4-5-11-12(9)16-8-7-15-11/h4-5,14H,1-3,6-8,13H2. The highest BCUT2D eigenvalue weighted by molar-refractivity contribution is 5.54. The molecule has 4 nitrogen and oxygen atoms in total. The fourth-order valence-electron chi connectivity index (χ4n) is 1.85. The van der Waals surface area contributed by atoms with Gasteiger partial charge in [0.25, 0.3) is 0 Å². The minimum absolute atomic E-state index is 0.279. The Labute approximate surface area is 95.0 Å². The Hall–Kier alpha value is -1.42. The highest BCUT2D eigenvalue weighted by Crippen LogP contribution is 2.39. The second-order valence-electron chi connectivity index (χ2n) is 3.83. The smallest absolute Gasteiger partial charge is 0.168 e. The van der Waals surface area contributed by atoms with Crippen LogP contribution in [0.4, 0.5) is 0 Å². The average Bonchev–Trinajstić information content (AvgIpc) is 2.32. The molecule has 0 saturated carbocycles. The Balaban J connectivity index is 2.20. The van der Waals surface area contributed by atoms with Crippen molar-refractivity contribution in [3.8, 4) is 17.2 Å². The SMILES string of the molecule is NCCCCc1c(O)ccc2c1OCCO2. The molecule has 0 radical (unpaired) electrons. The number of unbranched alkanes of at least 4 members (excludes halogenated alkanes) is 1. The quantitative estimate of drug-likeness (QED) is 0.758. The maximum atomic E-state index is 9.80. The number of rotatable bonds is 4. The first-order chi connectivity index (χ1) is 7.83. The predicted octanol–water partition coefficient (Wildman–Crippen LogP) is 1.44. The van der Waals surface area contributed by atoms with Crippen molar-refractivity contribution in [3.63, 3.8) is 0 Å². The van der Waals surface area contributed by atoms with Crippen molar-refractivity contribution in [1.82, 2.24) is 0 Å². The summed E-state index contributed by atoms with van der Waals surface area (Å²) in [5.41, 5.74) is 6.29. The van der Waals surface area contributed by atoms with Crippen LogP contribution in [0.2, 0.25) is 0 Å². The molecule has 0 atom stereocenters. The van der Waals surface area contributed by atoms with E-state index in [1.165, 1.54) is 0 Å². The van der Waals surface area contributed by atoms with Crippen LogP contribution in [0, 0.1) is 0 Å². The summed E-state index contributed by atoms with van der Waals surface area (Å²) in [5, 5.41) is 9.80. The van der Waals surface area contributed by atoms with Crippen LogP contribution in [0.5, 0.6) is 17.2 Å². The van der Waals surface area contributed by atoms with Gasteiger partial charge in [-0.2, -0.15) is 0 Å². The van der Waals surface area contributed by atoms with E-state index in [1.807, 2.05) is 0 Å². The Kier molecular flexibility index (Phi) is 3.51. The minimum atomic E-state index is 0.279. The molecule has 0 saturated heterocycles. The number of phenols is 1. The normalized spacial score (nSPS) is 13.8. The molecule has 0 aromatic heterocycles. The Morgan fingerprint density at radius 1 is 1.19 bits per heavy atom. The Bertz CT molecular complexity index is 366. The summed E-state index contributed by atoms with van der Waals surface area (Å²) in [6.07, 6.45) is 2.67. The van der Waals surface area contributed by atoms with Crippen molar-refractivity contribution in [3.05, 3.63) is 17.7 Å². The highest BCUT2D eigenvalue weighted by Gasteiger charge is 2.18. The van der Waals surface area contributed by atoms with Gasteiger partial charge in [-0.3, -0.25) is 0 Å². The van der Waals surface area contributed by atoms with Gasteiger partial charge in [-0.25, -0.2) is 0 Å². The number of hydrogen-bond donors (Lipinski definition) is 2. The summed E-state index contributed by atoms with van der Waals surface area (Å²) in [6.45, 7) is 1.79. The molecule has 0 amide bonds. The van der Waals surface area contributed by atoms with Gasteiger partial charge in [0.2, 0.25) is 0 Å². The van der Waals surface area contributed by atoms with Gasteiger partial charge in [-0.1, -0.05) is 0 Å². The zero-order valence-corrected chi connectivity index (χ0v) is 9.24. The third-order valence-electron chi connectivity index (χ3n) is 2.67. The molecule has 4 heteroatoms. The molecule has 0 bridgehead atoms. The zero-order chi connectivity index (χ0) is 11.4. The fraction of sp³-hybridized carbons (Fsp3) is 0.500. The van der Waals surface area contributed by atoms with E-state index in [2.05, 4.69) is 0 Å². The molecule has 0 aliphatic carbocycles. The predicted molar refractivity (Wildman–Crippen MR) is 61.1 cm³/mol. The third kappa shape index (κ3) is 2.22. The number of nitrogens with two attached hydrogens (primary N) is 1. The molecule has 1 aromatic rings. The first-order valence-electron chi connectivity index (χ1n) is 5.63. The van der Waals surface area contributed by atoms with Crippen molar-refractivity contribution < 1.29 is 14.6 Å². The number of phenolic OH excluding ortho intramolecular Hbond substituents is 1. The number of hydrogen-bond acceptors (Lipinski definition) is 4. The maximum absolute atomic E-state index is 9.80. The van der Waals surface area contributed by atoms with Gasteiger partial charge in [-0.05, 0) is 37.9 Å². The minimum Gasteiger partial charge on any atom is -0.508 e. The molecular weight excluding hydrogens is 206 g/mol. The van der Waals surface area contributed by atoms with E-state index in [9.17, 15) is 5.11 Å². The van der Waals surface area contributed by atoms with Gasteiger partial charge in [-0.15, -0.1) is 0 Å². The molecule has 1 aliphatic rings. The fourth-order valence-corrected chi connectivity index (χ4v) is 1.85. The number of fused-ring (bicyclic) bond motifs is 1. The third-order valence-corrected chi connectivity index (χ3v) is 2.67. The van der Waals surface area contributed by atoms with Gasteiger partial charge in [0, 0.05) is 5.56 Å². The number of aromatic hydroxyl groups is 1. The lowest BCUT2D eigenvalue weighted by molar-refractivity contribution is 0.169. The monoisotopic (exact) mass is 223 g/mol. The molecular formula is C12H17NO3. The summed E-state index contributed by atoms with van der Waals surface area (Å²) in [7, 11) is 0. The number of ether oxygens (including phenoxy) is 2. The van der Waals surface area contributed by atoms with Gasteiger partial charge in [0.05, 0.1) is 0 Å². The topological polar surface area (TPSA) is 64.7 Å². The first kappa shape index (κ1) is 11.1. The summed E-state index contributed by atoms with van der Waals surface area (Å²) in [6, 6.07) is 3.40. The van der Waals surface area contributed by atoms with Crippen LogP contribution in [0.1, 0.15) is 18.4 Å². The molecule has 88 valence electrons. The second kappa shape index (κ2) is 5.07. The molecule has 2 rings (SSSR count). The molecule has 3 N–H and O–H groups in total. The van der Waals surface area contributed by atoms with Gasteiger partial charge in [0.1, 0.15) is 19.0 Å². The lowest BCUT2D eigenvalue weighted by Crippen LogP contribution is -2.16. The van der Waals surface area contributed by atoms with E-state index in [0.717, 1.165) is 30.6 Å². The molecule has 1 aliphatic heterocycles. The Morgan fingerprint density at radius 2 is 2.00 bits per heavy atom. The van der Waals surface area contributed by atoms with Crippen LogP contribution < -0.4 is 15.2 Å². The van der Waals surface area contributed by atoms with Crippen LogP contribution in [0.25, 0.3) is 0 Å². The largest absolute Gasteiger partial charge is 0.508 e. The van der Waals surface area contributed by atoms with Crippen LogP contribution in [-0.2, 0) is 6.42 Å². The molecule has 0 unspecified atom stereocenters. The van der Waals surface area contributed by atoms with E-state index >= 15 is 0 Å². The van der Waals surface area contributed by atoms with Crippen molar-refractivity contribution >= 4 is 0 Å². The second-order valence-corrected chi connectivity index (χ2v) is 3.83. The van der Waals surface area contributed by atoms with E-state index in [4.69, 9.17) is 15.2 Å². The summed E-state index contributed by atoms with van der Waals surface area (Å²) >= 11 is 0. The first-order valence-corrected chi connectivity index (χ1v) is 5.63. The van der Waals surface area contributed by atoms with E-state index < -0.39 is 0 Å². The lowest BCUT2D eigenvalue weighted by Gasteiger charge is -2.21. The number of benzene rings is 1. The van der Waals surface area contributed by atoms with E-state index in [-0.39, 0.29) is 5.75 Å². The average molecular weight is 223 g/mol. The Morgan fingerprint density at radius 3 is 2.81 bits per heavy atom. The summed E-state index contributed by atoms with van der Waals surface area (Å²) in [4.78, 5) is 0. The van der Waals surface area contributed by atoms with Crippen molar-refractivity contribution in [2.45, 2.75) is 19.3 Å². The molecule has 1 heterocycles. The summed E-state index contributed by atoms with van der Waals surface area (Å²) in [5.74, 6) is 1.70. The molecule has 0 fully saturated rings. The van der Waals surface area contributed by atoms with Gasteiger partial charge in [0.15, 0.2) is 11.5 Å². The van der Waals surface area contributed by atoms with E-state index in [1.54, 1.807) is 12.1 Å². The van der Waals surface area contributed by atoms with Crippen LogP contribution in [0.15, 0.2) is 12.1 Å². The summed E-state index contributed by atoms with van der Waals surface area (Å²) < 4.78 is 11.0. The van der Waals surface area contributed by atoms with Gasteiger partial charge >= 0.3 is 0 Å². The van der Waals surface area contributed by atoms with Crippen LogP contribution in [0.3, 0.4) is 0 Å².